The van der Waals surface area contributed by atoms with Gasteiger partial charge in [0.25, 0.3) is 0 Å². The molecular formula is C32H32N2O. The molecule has 176 valence electrons. The summed E-state index contributed by atoms with van der Waals surface area (Å²) in [6.45, 7) is 7.83. The molecule has 5 aromatic rings. The highest BCUT2D eigenvalue weighted by Crippen LogP contribution is 2.34. The number of nitrogens with zero attached hydrogens (tertiary/aromatic N) is 2. The molecule has 0 radical (unpaired) electrons. The number of imidazole rings is 1. The Bertz CT molecular complexity index is 1360. The summed E-state index contributed by atoms with van der Waals surface area (Å²) in [5, 5.41) is 0. The van der Waals surface area contributed by atoms with E-state index in [0.29, 0.717) is 12.5 Å². The van der Waals surface area contributed by atoms with Crippen LogP contribution < -0.4 is 4.74 Å². The second-order valence-corrected chi connectivity index (χ2v) is 9.41. The summed E-state index contributed by atoms with van der Waals surface area (Å²) in [6.07, 6.45) is 0. The molecule has 0 saturated carbocycles. The minimum atomic E-state index is 0.0370. The Kier molecular flexibility index (Phi) is 6.67. The molecule has 0 amide bonds. The van der Waals surface area contributed by atoms with Gasteiger partial charge in [-0.25, -0.2) is 4.98 Å². The van der Waals surface area contributed by atoms with Gasteiger partial charge < -0.3 is 9.30 Å². The number of hydrogen-bond acceptors (Lipinski definition) is 2. The summed E-state index contributed by atoms with van der Waals surface area (Å²) in [5.74, 6) is 2.47. The second-order valence-electron chi connectivity index (χ2n) is 9.41. The van der Waals surface area contributed by atoms with Gasteiger partial charge in [-0.3, -0.25) is 0 Å². The van der Waals surface area contributed by atoms with Gasteiger partial charge in [-0.1, -0.05) is 98.8 Å². The Labute approximate surface area is 208 Å². The van der Waals surface area contributed by atoms with Crippen molar-refractivity contribution in [3.8, 4) is 5.75 Å². The lowest BCUT2D eigenvalue weighted by Crippen LogP contribution is -2.16. The first-order chi connectivity index (χ1) is 17.1. The molecule has 0 aliphatic carbocycles. The topological polar surface area (TPSA) is 27.1 Å². The first-order valence-corrected chi connectivity index (χ1v) is 12.4. The SMILES string of the molecule is Cc1ccc(C(C)C)c(OCCn2c(C(c3ccccc3)c3ccccc3)nc3ccccc32)c1. The molecule has 35 heavy (non-hydrogen) atoms. The van der Waals surface area contributed by atoms with E-state index in [1.54, 1.807) is 0 Å². The molecule has 5 rings (SSSR count). The highest BCUT2D eigenvalue weighted by Gasteiger charge is 2.24. The van der Waals surface area contributed by atoms with Crippen LogP contribution >= 0.6 is 0 Å². The molecule has 0 bridgehead atoms. The van der Waals surface area contributed by atoms with Gasteiger partial charge in [-0.15, -0.1) is 0 Å². The van der Waals surface area contributed by atoms with Crippen molar-refractivity contribution in [2.24, 2.45) is 0 Å². The fourth-order valence-electron chi connectivity index (χ4n) is 4.82. The Hall–Kier alpha value is -3.85. The minimum absolute atomic E-state index is 0.0370. The quantitative estimate of drug-likeness (QED) is 0.237. The lowest BCUT2D eigenvalue weighted by atomic mass is 9.90. The predicted molar refractivity (Wildman–Crippen MR) is 144 cm³/mol. The van der Waals surface area contributed by atoms with Crippen LogP contribution in [0.25, 0.3) is 11.0 Å². The third-order valence-electron chi connectivity index (χ3n) is 6.57. The largest absolute Gasteiger partial charge is 0.491 e. The predicted octanol–water partition coefficient (Wildman–Crippen LogP) is 7.73. The first kappa shape index (κ1) is 22.9. The molecule has 4 aromatic carbocycles. The summed E-state index contributed by atoms with van der Waals surface area (Å²) in [7, 11) is 0. The van der Waals surface area contributed by atoms with Crippen LogP contribution in [0.5, 0.6) is 5.75 Å². The van der Waals surface area contributed by atoms with Crippen molar-refractivity contribution in [2.45, 2.75) is 39.2 Å². The fraction of sp³-hybridized carbons (Fsp3) is 0.219. The van der Waals surface area contributed by atoms with Crippen LogP contribution in [-0.2, 0) is 6.54 Å². The number of hydrogen-bond donors (Lipinski definition) is 0. The van der Waals surface area contributed by atoms with Crippen LogP contribution in [0, 0.1) is 6.92 Å². The maximum atomic E-state index is 6.40. The van der Waals surface area contributed by atoms with E-state index >= 15 is 0 Å². The Morgan fingerprint density at radius 3 is 2.06 bits per heavy atom. The van der Waals surface area contributed by atoms with E-state index in [9.17, 15) is 0 Å². The summed E-state index contributed by atoms with van der Waals surface area (Å²) in [5.41, 5.74) is 7.08. The van der Waals surface area contributed by atoms with Crippen molar-refractivity contribution in [3.05, 3.63) is 131 Å². The molecule has 0 atom stereocenters. The van der Waals surface area contributed by atoms with Crippen molar-refractivity contribution in [2.75, 3.05) is 6.61 Å². The zero-order chi connectivity index (χ0) is 24.2. The van der Waals surface area contributed by atoms with E-state index in [-0.39, 0.29) is 5.92 Å². The molecule has 0 aliphatic rings. The minimum Gasteiger partial charge on any atom is -0.491 e. The zero-order valence-electron chi connectivity index (χ0n) is 20.7. The average molecular weight is 461 g/mol. The monoisotopic (exact) mass is 460 g/mol. The molecule has 0 unspecified atom stereocenters. The van der Waals surface area contributed by atoms with Crippen LogP contribution in [0.2, 0.25) is 0 Å². The maximum Gasteiger partial charge on any atom is 0.123 e. The fourth-order valence-corrected chi connectivity index (χ4v) is 4.82. The van der Waals surface area contributed by atoms with Crippen molar-refractivity contribution in [1.29, 1.82) is 0 Å². The van der Waals surface area contributed by atoms with E-state index in [0.717, 1.165) is 29.2 Å². The molecule has 1 aromatic heterocycles. The highest BCUT2D eigenvalue weighted by atomic mass is 16.5. The van der Waals surface area contributed by atoms with E-state index in [1.165, 1.54) is 22.3 Å². The number of aromatic nitrogens is 2. The smallest absolute Gasteiger partial charge is 0.123 e. The van der Waals surface area contributed by atoms with E-state index in [2.05, 4.69) is 128 Å². The second kappa shape index (κ2) is 10.2. The van der Waals surface area contributed by atoms with Gasteiger partial charge in [0.15, 0.2) is 0 Å². The first-order valence-electron chi connectivity index (χ1n) is 12.4. The van der Waals surface area contributed by atoms with Crippen LogP contribution in [0.3, 0.4) is 0 Å². The lowest BCUT2D eigenvalue weighted by molar-refractivity contribution is 0.294. The summed E-state index contributed by atoms with van der Waals surface area (Å²) in [4.78, 5) is 5.16. The number of ether oxygens (including phenoxy) is 1. The number of benzene rings is 4. The van der Waals surface area contributed by atoms with Gasteiger partial charge in [0.05, 0.1) is 23.5 Å². The van der Waals surface area contributed by atoms with Crippen LogP contribution in [0.1, 0.15) is 53.8 Å². The standard InChI is InChI=1S/C32H32N2O/c1-23(2)27-19-18-24(3)22-30(27)35-21-20-34-29-17-11-10-16-28(29)33-32(34)31(25-12-6-4-7-13-25)26-14-8-5-9-15-26/h4-19,22-23,31H,20-21H2,1-3H3. The third kappa shape index (κ3) is 4.85. The number of para-hydroxylation sites is 2. The molecule has 0 saturated heterocycles. The summed E-state index contributed by atoms with van der Waals surface area (Å²) < 4.78 is 8.74. The van der Waals surface area contributed by atoms with Crippen molar-refractivity contribution in [3.63, 3.8) is 0 Å². The molecule has 3 heteroatoms. The zero-order valence-corrected chi connectivity index (χ0v) is 20.7. The molecule has 1 heterocycles. The summed E-state index contributed by atoms with van der Waals surface area (Å²) >= 11 is 0. The Morgan fingerprint density at radius 2 is 1.40 bits per heavy atom. The van der Waals surface area contributed by atoms with E-state index in [1.807, 2.05) is 0 Å². The van der Waals surface area contributed by atoms with Gasteiger partial charge in [0.2, 0.25) is 0 Å². The average Bonchev–Trinajstić information content (AvgIpc) is 3.23. The van der Waals surface area contributed by atoms with Crippen molar-refractivity contribution < 1.29 is 4.74 Å². The Morgan fingerprint density at radius 1 is 0.771 bits per heavy atom. The Balaban J connectivity index is 1.54. The normalized spacial score (nSPS) is 11.5. The molecule has 0 N–H and O–H groups in total. The highest BCUT2D eigenvalue weighted by molar-refractivity contribution is 5.76. The van der Waals surface area contributed by atoms with Crippen LogP contribution in [0.4, 0.5) is 0 Å². The maximum absolute atomic E-state index is 6.40. The van der Waals surface area contributed by atoms with Crippen molar-refractivity contribution in [1.82, 2.24) is 9.55 Å². The lowest BCUT2D eigenvalue weighted by Gasteiger charge is -2.21. The number of fused-ring (bicyclic) bond motifs is 1. The van der Waals surface area contributed by atoms with Gasteiger partial charge in [-0.05, 0) is 53.3 Å². The molecular weight excluding hydrogens is 428 g/mol. The van der Waals surface area contributed by atoms with E-state index < -0.39 is 0 Å². The number of aryl methyl sites for hydroxylation is 1. The third-order valence-corrected chi connectivity index (χ3v) is 6.57. The molecule has 0 spiro atoms. The van der Waals surface area contributed by atoms with Gasteiger partial charge in [0, 0.05) is 0 Å². The van der Waals surface area contributed by atoms with Crippen LogP contribution in [0.15, 0.2) is 103 Å². The molecule has 0 aliphatic heterocycles. The van der Waals surface area contributed by atoms with Crippen molar-refractivity contribution >= 4 is 11.0 Å². The van der Waals surface area contributed by atoms with Gasteiger partial charge in [-0.2, -0.15) is 0 Å². The summed E-state index contributed by atoms with van der Waals surface area (Å²) in [6, 6.07) is 36.2. The molecule has 0 fully saturated rings. The number of rotatable bonds is 8. The van der Waals surface area contributed by atoms with E-state index in [4.69, 9.17) is 9.72 Å². The molecule has 3 nitrogen and oxygen atoms in total. The van der Waals surface area contributed by atoms with Gasteiger partial charge >= 0.3 is 0 Å². The van der Waals surface area contributed by atoms with Gasteiger partial charge in [0.1, 0.15) is 18.2 Å². The van der Waals surface area contributed by atoms with Crippen LogP contribution in [-0.4, -0.2) is 16.2 Å².